The molecule has 0 radical (unpaired) electrons. The van der Waals surface area contributed by atoms with E-state index in [0.29, 0.717) is 6.42 Å². The van der Waals surface area contributed by atoms with Gasteiger partial charge in [-0.25, -0.2) is 0 Å². The van der Waals surface area contributed by atoms with Crippen molar-refractivity contribution < 1.29 is 15.0 Å². The molecular weight excluding hydrogens is 867 g/mol. The highest BCUT2D eigenvalue weighted by atomic mass is 16.3. The van der Waals surface area contributed by atoms with Crippen LogP contribution in [0, 0.1) is 0 Å². The molecule has 0 saturated carbocycles. The molecular formula is C67H111NO3. The van der Waals surface area contributed by atoms with E-state index in [-0.39, 0.29) is 12.5 Å². The van der Waals surface area contributed by atoms with Crippen molar-refractivity contribution in [2.24, 2.45) is 0 Å². The second kappa shape index (κ2) is 60.6. The average Bonchev–Trinajstić information content (AvgIpc) is 3.37. The molecule has 4 heteroatoms. The summed E-state index contributed by atoms with van der Waals surface area (Å²) in [7, 11) is 0. The first-order valence-electron chi connectivity index (χ1n) is 29.5. The van der Waals surface area contributed by atoms with Crippen LogP contribution in [-0.2, 0) is 4.79 Å². The summed E-state index contributed by atoms with van der Waals surface area (Å²) < 4.78 is 0. The molecule has 4 nitrogen and oxygen atoms in total. The van der Waals surface area contributed by atoms with Crippen molar-refractivity contribution in [2.45, 2.75) is 264 Å². The Kier molecular flexibility index (Phi) is 57.4. The second-order valence-electron chi connectivity index (χ2n) is 19.3. The second-order valence-corrected chi connectivity index (χ2v) is 19.3. The Hall–Kier alpha value is -3.73. The molecule has 0 rings (SSSR count). The van der Waals surface area contributed by atoms with E-state index in [1.54, 1.807) is 6.08 Å². The van der Waals surface area contributed by atoms with E-state index in [0.717, 1.165) is 109 Å². The molecule has 0 fully saturated rings. The molecule has 71 heavy (non-hydrogen) atoms. The van der Waals surface area contributed by atoms with Gasteiger partial charge in [-0.3, -0.25) is 4.79 Å². The first-order chi connectivity index (χ1) is 35.2. The molecule has 0 aromatic rings. The Labute approximate surface area is 440 Å². The normalized spacial score (nSPS) is 13.9. The number of rotatable bonds is 52. The first kappa shape index (κ1) is 67.3. The molecule has 0 aromatic carbocycles. The SMILES string of the molecule is CC/C=C\C/C=C\C/C=C\C/C=C\C/C=C\C/C=C\C/C=C\C/C=C\C/C=C\C/C=C\CCCCCCCCCCC(=O)NC(CO)C(O)/C=C/CC/C=C/CCCCCCCCCCCCCCCC. The molecule has 0 aliphatic carbocycles. The van der Waals surface area contributed by atoms with Gasteiger partial charge in [0.2, 0.25) is 5.91 Å². The fraction of sp³-hybridized carbons (Fsp3) is 0.627. The van der Waals surface area contributed by atoms with Gasteiger partial charge in [0.1, 0.15) is 0 Å². The Morgan fingerprint density at radius 3 is 0.986 bits per heavy atom. The van der Waals surface area contributed by atoms with E-state index in [9.17, 15) is 15.0 Å². The minimum Gasteiger partial charge on any atom is -0.394 e. The molecule has 0 aliphatic rings. The summed E-state index contributed by atoms with van der Waals surface area (Å²) in [6.07, 6.45) is 95.8. The van der Waals surface area contributed by atoms with Crippen LogP contribution in [0.4, 0.5) is 0 Å². The predicted molar refractivity (Wildman–Crippen MR) is 317 cm³/mol. The molecule has 0 spiro atoms. The van der Waals surface area contributed by atoms with Crippen LogP contribution in [0.1, 0.15) is 251 Å². The standard InChI is InChI=1S/C67H111NO3/c1-3-5-7-9-11-13-15-17-19-21-23-25-26-27-28-29-30-31-32-33-34-35-36-37-38-39-40-41-42-43-45-47-49-51-53-55-57-59-61-63-67(71)68-65(64-69)66(70)62-60-58-56-54-52-50-48-46-44-24-22-20-18-16-14-12-10-8-6-4-2/h5,7,11,13,17,19,23,25,27-28,30-31,33-34,36-37,39-40,42-43,52,54,60,62,65-66,69-70H,3-4,6,8-10,12,14-16,18,20-22,24,26,29,32,35,38,41,44-51,53,55-59,61,63-64H2,1-2H3,(H,68,71)/b7-5-,13-11-,19-17-,25-23-,28-27-,31-30-,34-33-,37-36-,40-39-,43-42-,54-52+,62-60+. The maximum Gasteiger partial charge on any atom is 0.220 e. The number of hydrogen-bond donors (Lipinski definition) is 3. The highest BCUT2D eigenvalue weighted by Crippen LogP contribution is 2.15. The van der Waals surface area contributed by atoms with Crippen LogP contribution in [-0.4, -0.2) is 34.9 Å². The van der Waals surface area contributed by atoms with Crippen LogP contribution in [0.15, 0.2) is 146 Å². The summed E-state index contributed by atoms with van der Waals surface area (Å²) in [5, 5.41) is 23.1. The maximum atomic E-state index is 12.5. The molecule has 0 aliphatic heterocycles. The van der Waals surface area contributed by atoms with E-state index in [4.69, 9.17) is 0 Å². The summed E-state index contributed by atoms with van der Waals surface area (Å²) in [4.78, 5) is 12.5. The minimum absolute atomic E-state index is 0.0874. The molecule has 2 unspecified atom stereocenters. The number of unbranched alkanes of at least 4 members (excludes halogenated alkanes) is 23. The Morgan fingerprint density at radius 2 is 0.634 bits per heavy atom. The molecule has 1 amide bonds. The smallest absolute Gasteiger partial charge is 0.220 e. The topological polar surface area (TPSA) is 69.6 Å². The fourth-order valence-corrected chi connectivity index (χ4v) is 8.10. The van der Waals surface area contributed by atoms with Crippen molar-refractivity contribution in [3.05, 3.63) is 146 Å². The third-order valence-corrected chi connectivity index (χ3v) is 12.6. The number of carbonyl (C=O) groups is 1. The van der Waals surface area contributed by atoms with Crippen molar-refractivity contribution in [3.63, 3.8) is 0 Å². The van der Waals surface area contributed by atoms with Crippen LogP contribution in [0.25, 0.3) is 0 Å². The number of carbonyl (C=O) groups excluding carboxylic acids is 1. The van der Waals surface area contributed by atoms with Gasteiger partial charge >= 0.3 is 0 Å². The predicted octanol–water partition coefficient (Wildman–Crippen LogP) is 20.0. The zero-order valence-corrected chi connectivity index (χ0v) is 46.2. The van der Waals surface area contributed by atoms with Gasteiger partial charge in [0.25, 0.3) is 0 Å². The van der Waals surface area contributed by atoms with Crippen LogP contribution < -0.4 is 5.32 Å². The quantitative estimate of drug-likeness (QED) is 0.0420. The van der Waals surface area contributed by atoms with E-state index < -0.39 is 12.1 Å². The van der Waals surface area contributed by atoms with Gasteiger partial charge in [-0.1, -0.05) is 282 Å². The molecule has 0 saturated heterocycles. The summed E-state index contributed by atoms with van der Waals surface area (Å²) in [5.41, 5.74) is 0. The summed E-state index contributed by atoms with van der Waals surface area (Å²) in [6, 6.07) is -0.655. The molecule has 402 valence electrons. The molecule has 0 heterocycles. The van der Waals surface area contributed by atoms with Gasteiger partial charge in [-0.05, 0) is 109 Å². The van der Waals surface area contributed by atoms with Crippen molar-refractivity contribution in [1.82, 2.24) is 5.32 Å². The minimum atomic E-state index is -0.876. The number of allylic oxidation sites excluding steroid dienone is 23. The van der Waals surface area contributed by atoms with Gasteiger partial charge < -0.3 is 15.5 Å². The zero-order chi connectivity index (χ0) is 51.3. The lowest BCUT2D eigenvalue weighted by molar-refractivity contribution is -0.123. The number of aliphatic hydroxyl groups is 2. The van der Waals surface area contributed by atoms with Crippen molar-refractivity contribution in [1.29, 1.82) is 0 Å². The third-order valence-electron chi connectivity index (χ3n) is 12.6. The van der Waals surface area contributed by atoms with Crippen LogP contribution >= 0.6 is 0 Å². The zero-order valence-electron chi connectivity index (χ0n) is 46.2. The lowest BCUT2D eigenvalue weighted by atomic mass is 10.0. The third kappa shape index (κ3) is 57.0. The molecule has 0 aromatic heterocycles. The largest absolute Gasteiger partial charge is 0.394 e. The number of nitrogens with one attached hydrogen (secondary N) is 1. The van der Waals surface area contributed by atoms with Crippen molar-refractivity contribution in [3.8, 4) is 0 Å². The highest BCUT2D eigenvalue weighted by molar-refractivity contribution is 5.76. The van der Waals surface area contributed by atoms with E-state index in [1.807, 2.05) is 6.08 Å². The first-order valence-corrected chi connectivity index (χ1v) is 29.5. The van der Waals surface area contributed by atoms with E-state index in [2.05, 4.69) is 153 Å². The van der Waals surface area contributed by atoms with Crippen molar-refractivity contribution >= 4 is 5.91 Å². The van der Waals surface area contributed by atoms with Crippen LogP contribution in [0.2, 0.25) is 0 Å². The number of aliphatic hydroxyl groups excluding tert-OH is 2. The summed E-state index contributed by atoms with van der Waals surface area (Å²) >= 11 is 0. The molecule has 3 N–H and O–H groups in total. The molecule has 0 bridgehead atoms. The van der Waals surface area contributed by atoms with Gasteiger partial charge in [0.05, 0.1) is 18.8 Å². The van der Waals surface area contributed by atoms with E-state index in [1.165, 1.54) is 122 Å². The van der Waals surface area contributed by atoms with Crippen LogP contribution in [0.3, 0.4) is 0 Å². The lowest BCUT2D eigenvalue weighted by Crippen LogP contribution is -2.45. The van der Waals surface area contributed by atoms with Crippen molar-refractivity contribution in [2.75, 3.05) is 6.61 Å². The average molecular weight is 979 g/mol. The monoisotopic (exact) mass is 978 g/mol. The van der Waals surface area contributed by atoms with Gasteiger partial charge in [-0.15, -0.1) is 0 Å². The summed E-state index contributed by atoms with van der Waals surface area (Å²) in [6.45, 7) is 4.18. The Bertz CT molecular complexity index is 1480. The van der Waals surface area contributed by atoms with E-state index >= 15 is 0 Å². The number of amides is 1. The Balaban J connectivity index is 3.66. The van der Waals surface area contributed by atoms with Gasteiger partial charge in [-0.2, -0.15) is 0 Å². The summed E-state index contributed by atoms with van der Waals surface area (Å²) in [5.74, 6) is -0.0874. The Morgan fingerprint density at radius 1 is 0.352 bits per heavy atom. The number of hydrogen-bond acceptors (Lipinski definition) is 3. The van der Waals surface area contributed by atoms with Crippen LogP contribution in [0.5, 0.6) is 0 Å². The fourth-order valence-electron chi connectivity index (χ4n) is 8.10. The lowest BCUT2D eigenvalue weighted by Gasteiger charge is -2.19. The van der Waals surface area contributed by atoms with Gasteiger partial charge in [0.15, 0.2) is 0 Å². The molecule has 2 atom stereocenters. The highest BCUT2D eigenvalue weighted by Gasteiger charge is 2.17. The maximum absolute atomic E-state index is 12.5. The van der Waals surface area contributed by atoms with Gasteiger partial charge in [0, 0.05) is 6.42 Å².